The summed E-state index contributed by atoms with van der Waals surface area (Å²) in [6.07, 6.45) is 0. The van der Waals surface area contributed by atoms with Gasteiger partial charge in [0.05, 0.1) is 30.3 Å². The number of anilines is 2. The zero-order valence-corrected chi connectivity index (χ0v) is 10.5. The third-order valence-electron chi connectivity index (χ3n) is 2.89. The van der Waals surface area contributed by atoms with Crippen molar-refractivity contribution in [1.82, 2.24) is 0 Å². The Morgan fingerprint density at radius 2 is 1.88 bits per heavy atom. The Bertz CT molecular complexity index is 501. The van der Waals surface area contributed by atoms with Gasteiger partial charge in [-0.2, -0.15) is 0 Å². The van der Waals surface area contributed by atoms with Gasteiger partial charge in [0.1, 0.15) is 0 Å². The van der Waals surface area contributed by atoms with E-state index in [1.807, 2.05) is 30.1 Å². The normalized spacial score (nSPS) is 15.9. The van der Waals surface area contributed by atoms with E-state index >= 15 is 0 Å². The molecule has 0 spiro atoms. The standard InChI is InChI=1S/C11H16N2O3S/c1-12-6-7-13(17(15,16)9-8-14)11-5-3-2-4-10(11)12/h2-5,14H,6-9H2,1H3. The number of hydrogen-bond donors (Lipinski definition) is 1. The number of benzene rings is 1. The molecule has 0 radical (unpaired) electrons. The average Bonchev–Trinajstić information content (AvgIpc) is 2.29. The van der Waals surface area contributed by atoms with Crippen LogP contribution in [0.2, 0.25) is 0 Å². The first-order valence-electron chi connectivity index (χ1n) is 5.48. The second kappa shape index (κ2) is 4.54. The van der Waals surface area contributed by atoms with E-state index in [9.17, 15) is 8.42 Å². The van der Waals surface area contributed by atoms with Crippen LogP contribution in [-0.2, 0) is 10.0 Å². The summed E-state index contributed by atoms with van der Waals surface area (Å²) in [4.78, 5) is 2.03. The summed E-state index contributed by atoms with van der Waals surface area (Å²) in [6.45, 7) is 0.731. The molecule has 6 heteroatoms. The van der Waals surface area contributed by atoms with E-state index in [0.29, 0.717) is 18.8 Å². The van der Waals surface area contributed by atoms with E-state index in [0.717, 1.165) is 5.69 Å². The highest BCUT2D eigenvalue weighted by Gasteiger charge is 2.28. The highest BCUT2D eigenvalue weighted by Crippen LogP contribution is 2.33. The Hall–Kier alpha value is -1.27. The number of sulfonamides is 1. The van der Waals surface area contributed by atoms with Crippen LogP contribution in [-0.4, -0.2) is 46.0 Å². The number of fused-ring (bicyclic) bond motifs is 1. The maximum Gasteiger partial charge on any atom is 0.237 e. The van der Waals surface area contributed by atoms with Crippen LogP contribution in [0.4, 0.5) is 11.4 Å². The fourth-order valence-electron chi connectivity index (χ4n) is 1.99. The summed E-state index contributed by atoms with van der Waals surface area (Å²) >= 11 is 0. The molecule has 0 aliphatic carbocycles. The Kier molecular flexibility index (Phi) is 3.26. The molecule has 1 aliphatic heterocycles. The summed E-state index contributed by atoms with van der Waals surface area (Å²) in [6, 6.07) is 7.40. The van der Waals surface area contributed by atoms with Crippen molar-refractivity contribution < 1.29 is 13.5 Å². The molecule has 0 saturated heterocycles. The third kappa shape index (κ3) is 2.23. The van der Waals surface area contributed by atoms with Gasteiger partial charge >= 0.3 is 0 Å². The smallest absolute Gasteiger partial charge is 0.237 e. The van der Waals surface area contributed by atoms with Crippen molar-refractivity contribution in [2.24, 2.45) is 0 Å². The number of likely N-dealkylation sites (N-methyl/N-ethyl adjacent to an activating group) is 1. The molecule has 94 valence electrons. The topological polar surface area (TPSA) is 60.9 Å². The molecular formula is C11H16N2O3S. The van der Waals surface area contributed by atoms with E-state index in [1.54, 1.807) is 6.07 Å². The zero-order chi connectivity index (χ0) is 12.5. The van der Waals surface area contributed by atoms with Crippen LogP contribution in [0.15, 0.2) is 24.3 Å². The van der Waals surface area contributed by atoms with Gasteiger partial charge in [0, 0.05) is 13.6 Å². The molecule has 0 bridgehead atoms. The molecule has 2 rings (SSSR count). The fourth-order valence-corrected chi connectivity index (χ4v) is 3.26. The van der Waals surface area contributed by atoms with Gasteiger partial charge in [0.25, 0.3) is 0 Å². The molecule has 0 aromatic heterocycles. The second-order valence-corrected chi connectivity index (χ2v) is 6.03. The molecule has 0 atom stereocenters. The number of nitrogens with zero attached hydrogens (tertiary/aromatic N) is 2. The molecule has 1 aromatic rings. The molecule has 17 heavy (non-hydrogen) atoms. The predicted molar refractivity (Wildman–Crippen MR) is 67.9 cm³/mol. The van der Waals surface area contributed by atoms with Gasteiger partial charge in [-0.3, -0.25) is 4.31 Å². The molecule has 1 aliphatic rings. The van der Waals surface area contributed by atoms with Crippen LogP contribution >= 0.6 is 0 Å². The molecule has 1 N–H and O–H groups in total. The van der Waals surface area contributed by atoms with Crippen molar-refractivity contribution in [2.75, 3.05) is 41.7 Å². The highest BCUT2D eigenvalue weighted by molar-refractivity contribution is 7.92. The van der Waals surface area contributed by atoms with Crippen LogP contribution in [0, 0.1) is 0 Å². The van der Waals surface area contributed by atoms with Crippen LogP contribution < -0.4 is 9.21 Å². The van der Waals surface area contributed by atoms with Gasteiger partial charge in [-0.15, -0.1) is 0 Å². The van der Waals surface area contributed by atoms with E-state index in [4.69, 9.17) is 5.11 Å². The molecule has 0 amide bonds. The molecule has 1 aromatic carbocycles. The summed E-state index contributed by atoms with van der Waals surface area (Å²) in [7, 11) is -1.47. The van der Waals surface area contributed by atoms with Crippen LogP contribution in [0.25, 0.3) is 0 Å². The lowest BCUT2D eigenvalue weighted by Crippen LogP contribution is -2.43. The zero-order valence-electron chi connectivity index (χ0n) is 9.70. The second-order valence-electron chi connectivity index (χ2n) is 4.02. The lowest BCUT2D eigenvalue weighted by Gasteiger charge is -2.35. The molecule has 0 fully saturated rings. The van der Waals surface area contributed by atoms with Gasteiger partial charge in [-0.25, -0.2) is 8.42 Å². The SMILES string of the molecule is CN1CCN(S(=O)(=O)CCO)c2ccccc21. The van der Waals surface area contributed by atoms with Crippen molar-refractivity contribution in [1.29, 1.82) is 0 Å². The summed E-state index contributed by atoms with van der Waals surface area (Å²) in [5.41, 5.74) is 1.59. The van der Waals surface area contributed by atoms with E-state index in [-0.39, 0.29) is 12.4 Å². The Morgan fingerprint density at radius 3 is 2.53 bits per heavy atom. The van der Waals surface area contributed by atoms with Crippen LogP contribution in [0.5, 0.6) is 0 Å². The molecule has 1 heterocycles. The van der Waals surface area contributed by atoms with E-state index in [2.05, 4.69) is 0 Å². The first-order valence-corrected chi connectivity index (χ1v) is 7.08. The minimum absolute atomic E-state index is 0.231. The molecule has 0 unspecified atom stereocenters. The fraction of sp³-hybridized carbons (Fsp3) is 0.455. The maximum absolute atomic E-state index is 12.0. The number of rotatable bonds is 3. The number of hydrogen-bond acceptors (Lipinski definition) is 4. The van der Waals surface area contributed by atoms with Crippen molar-refractivity contribution in [2.45, 2.75) is 0 Å². The van der Waals surface area contributed by atoms with Gasteiger partial charge in [0.2, 0.25) is 10.0 Å². The molecular weight excluding hydrogens is 240 g/mol. The number of aliphatic hydroxyl groups is 1. The van der Waals surface area contributed by atoms with Crippen molar-refractivity contribution in [3.05, 3.63) is 24.3 Å². The van der Waals surface area contributed by atoms with E-state index < -0.39 is 10.0 Å². The maximum atomic E-state index is 12.0. The van der Waals surface area contributed by atoms with Crippen LogP contribution in [0.3, 0.4) is 0 Å². The number of aliphatic hydroxyl groups excluding tert-OH is 1. The van der Waals surface area contributed by atoms with Gasteiger partial charge in [-0.1, -0.05) is 12.1 Å². The first-order chi connectivity index (χ1) is 8.06. The highest BCUT2D eigenvalue weighted by atomic mass is 32.2. The first kappa shape index (κ1) is 12.2. The van der Waals surface area contributed by atoms with Gasteiger partial charge in [0.15, 0.2) is 0 Å². The Labute approximate surface area is 101 Å². The Balaban J connectivity index is 2.43. The monoisotopic (exact) mass is 256 g/mol. The average molecular weight is 256 g/mol. The minimum atomic E-state index is -3.41. The van der Waals surface area contributed by atoms with E-state index in [1.165, 1.54) is 4.31 Å². The lowest BCUT2D eigenvalue weighted by atomic mass is 10.2. The largest absolute Gasteiger partial charge is 0.395 e. The predicted octanol–water partition coefficient (Wildman–Crippen LogP) is 0.265. The lowest BCUT2D eigenvalue weighted by molar-refractivity contribution is 0.319. The number of para-hydroxylation sites is 2. The third-order valence-corrected chi connectivity index (χ3v) is 4.63. The summed E-state index contributed by atoms with van der Waals surface area (Å²) in [5.74, 6) is -0.231. The molecule has 0 saturated carbocycles. The molecule has 5 nitrogen and oxygen atoms in total. The van der Waals surface area contributed by atoms with Crippen LogP contribution in [0.1, 0.15) is 0 Å². The quantitative estimate of drug-likeness (QED) is 0.843. The summed E-state index contributed by atoms with van der Waals surface area (Å²) in [5, 5.41) is 8.82. The van der Waals surface area contributed by atoms with Crippen molar-refractivity contribution >= 4 is 21.4 Å². The van der Waals surface area contributed by atoms with Gasteiger partial charge in [-0.05, 0) is 12.1 Å². The van der Waals surface area contributed by atoms with Gasteiger partial charge < -0.3 is 10.0 Å². The van der Waals surface area contributed by atoms with Crippen molar-refractivity contribution in [3.8, 4) is 0 Å². The van der Waals surface area contributed by atoms with Crippen molar-refractivity contribution in [3.63, 3.8) is 0 Å². The Morgan fingerprint density at radius 1 is 1.24 bits per heavy atom. The minimum Gasteiger partial charge on any atom is -0.395 e. The summed E-state index contributed by atoms with van der Waals surface area (Å²) < 4.78 is 25.4.